The van der Waals surface area contributed by atoms with Gasteiger partial charge < -0.3 is 10.1 Å². The smallest absolute Gasteiger partial charge is 0.251 e. The Hall–Kier alpha value is -2.28. The Morgan fingerprint density at radius 1 is 1.36 bits per heavy atom. The second kappa shape index (κ2) is 6.55. The fraction of sp³-hybridized carbons (Fsp3) is 0.556. The summed E-state index contributed by atoms with van der Waals surface area (Å²) in [4.78, 5) is 12.7. The van der Waals surface area contributed by atoms with Gasteiger partial charge in [-0.15, -0.1) is 10.2 Å². The molecule has 1 aliphatic carbocycles. The number of aromatic amines is 1. The molecule has 0 bridgehead atoms. The maximum Gasteiger partial charge on any atom is 0.251 e. The first-order valence-electron chi connectivity index (χ1n) is 8.50. The standard InChI is InChI=1S/C18H25N5O2/c1-10-6-12(16-20-22-23-21-16)7-11(2)15(10)17(24)19-9-13-8-14(25-5)18(13,3)4/h6-7,13-14H,8-9H2,1-5H3,(H,19,24)(H,20,21,22,23). The van der Waals surface area contributed by atoms with Crippen molar-refractivity contribution >= 4 is 5.91 Å². The molecule has 2 unspecified atom stereocenters. The summed E-state index contributed by atoms with van der Waals surface area (Å²) in [5.41, 5.74) is 3.46. The van der Waals surface area contributed by atoms with Crippen molar-refractivity contribution in [3.63, 3.8) is 0 Å². The average molecular weight is 343 g/mol. The highest BCUT2D eigenvalue weighted by atomic mass is 16.5. The van der Waals surface area contributed by atoms with Crippen LogP contribution in [0.4, 0.5) is 0 Å². The Morgan fingerprint density at radius 2 is 2.04 bits per heavy atom. The Kier molecular flexibility index (Phi) is 4.60. The van der Waals surface area contributed by atoms with E-state index in [1.807, 2.05) is 26.0 Å². The van der Waals surface area contributed by atoms with Gasteiger partial charge in [0.2, 0.25) is 5.82 Å². The van der Waals surface area contributed by atoms with E-state index in [1.165, 1.54) is 0 Å². The summed E-state index contributed by atoms with van der Waals surface area (Å²) in [6, 6.07) is 3.84. The molecule has 0 aliphatic heterocycles. The summed E-state index contributed by atoms with van der Waals surface area (Å²) >= 11 is 0. The summed E-state index contributed by atoms with van der Waals surface area (Å²) in [5, 5.41) is 17.1. The highest BCUT2D eigenvalue weighted by molar-refractivity contribution is 5.97. The second-order valence-electron chi connectivity index (χ2n) is 7.41. The number of hydrogen-bond donors (Lipinski definition) is 2. The van der Waals surface area contributed by atoms with Gasteiger partial charge in [-0.1, -0.05) is 13.8 Å². The van der Waals surface area contributed by atoms with E-state index in [4.69, 9.17) is 4.74 Å². The summed E-state index contributed by atoms with van der Waals surface area (Å²) in [7, 11) is 1.75. The van der Waals surface area contributed by atoms with Crippen molar-refractivity contribution < 1.29 is 9.53 Å². The van der Waals surface area contributed by atoms with Crippen LogP contribution < -0.4 is 5.32 Å². The van der Waals surface area contributed by atoms with Gasteiger partial charge in [0.05, 0.1) is 6.10 Å². The molecule has 2 N–H and O–H groups in total. The Labute approximate surface area is 147 Å². The minimum Gasteiger partial charge on any atom is -0.381 e. The maximum absolute atomic E-state index is 12.7. The number of amides is 1. The van der Waals surface area contributed by atoms with Crippen LogP contribution in [0.25, 0.3) is 11.4 Å². The van der Waals surface area contributed by atoms with E-state index in [0.29, 0.717) is 23.9 Å². The molecule has 1 aromatic carbocycles. The van der Waals surface area contributed by atoms with Gasteiger partial charge in [0, 0.05) is 24.8 Å². The number of ether oxygens (including phenoxy) is 1. The van der Waals surface area contributed by atoms with Gasteiger partial charge in [-0.2, -0.15) is 5.21 Å². The zero-order valence-corrected chi connectivity index (χ0v) is 15.4. The number of benzene rings is 1. The molecule has 2 aromatic rings. The van der Waals surface area contributed by atoms with Crippen molar-refractivity contribution in [2.75, 3.05) is 13.7 Å². The van der Waals surface area contributed by atoms with Crippen LogP contribution in [0.2, 0.25) is 0 Å². The molecule has 1 saturated carbocycles. The quantitative estimate of drug-likeness (QED) is 0.869. The van der Waals surface area contributed by atoms with Gasteiger partial charge >= 0.3 is 0 Å². The number of aromatic nitrogens is 4. The van der Waals surface area contributed by atoms with Gasteiger partial charge in [0.25, 0.3) is 5.91 Å². The van der Waals surface area contributed by atoms with Crippen LogP contribution >= 0.6 is 0 Å². The van der Waals surface area contributed by atoms with Crippen molar-refractivity contribution in [1.82, 2.24) is 25.9 Å². The molecular formula is C18H25N5O2. The molecule has 1 amide bonds. The fourth-order valence-corrected chi connectivity index (χ4v) is 3.75. The molecule has 7 nitrogen and oxygen atoms in total. The van der Waals surface area contributed by atoms with Gasteiger partial charge in [0.1, 0.15) is 0 Å². The summed E-state index contributed by atoms with van der Waals surface area (Å²) in [6.07, 6.45) is 1.26. The Bertz CT molecular complexity index is 747. The number of rotatable bonds is 5. The number of tetrazole rings is 1. The van der Waals surface area contributed by atoms with E-state index in [-0.39, 0.29) is 17.4 Å². The van der Waals surface area contributed by atoms with Crippen molar-refractivity contribution in [2.24, 2.45) is 11.3 Å². The first-order valence-corrected chi connectivity index (χ1v) is 8.50. The Morgan fingerprint density at radius 3 is 2.56 bits per heavy atom. The number of nitrogens with zero attached hydrogens (tertiary/aromatic N) is 3. The lowest BCUT2D eigenvalue weighted by atomic mass is 9.60. The highest BCUT2D eigenvalue weighted by Crippen LogP contribution is 2.47. The normalized spacial score (nSPS) is 21.6. The summed E-state index contributed by atoms with van der Waals surface area (Å²) in [5.74, 6) is 0.923. The van der Waals surface area contributed by atoms with Crippen LogP contribution in [0.1, 0.15) is 41.8 Å². The molecule has 1 heterocycles. The average Bonchev–Trinajstić information content (AvgIpc) is 3.07. The maximum atomic E-state index is 12.7. The van der Waals surface area contributed by atoms with Crippen molar-refractivity contribution in [3.05, 3.63) is 28.8 Å². The minimum atomic E-state index is -0.0358. The van der Waals surface area contributed by atoms with E-state index < -0.39 is 0 Å². The molecule has 25 heavy (non-hydrogen) atoms. The van der Waals surface area contributed by atoms with Crippen LogP contribution in [0.15, 0.2) is 12.1 Å². The lowest BCUT2D eigenvalue weighted by molar-refractivity contribution is -0.118. The molecular weight excluding hydrogens is 318 g/mol. The monoisotopic (exact) mass is 343 g/mol. The molecule has 0 saturated heterocycles. The number of aryl methyl sites for hydroxylation is 2. The van der Waals surface area contributed by atoms with Gasteiger partial charge in [-0.05, 0) is 60.1 Å². The lowest BCUT2D eigenvalue weighted by Crippen LogP contribution is -2.54. The van der Waals surface area contributed by atoms with E-state index >= 15 is 0 Å². The van der Waals surface area contributed by atoms with Crippen LogP contribution in [-0.4, -0.2) is 46.3 Å². The zero-order chi connectivity index (χ0) is 18.2. The Balaban J connectivity index is 1.71. The molecule has 134 valence electrons. The molecule has 0 radical (unpaired) electrons. The predicted molar refractivity (Wildman–Crippen MR) is 94.1 cm³/mol. The number of methoxy groups -OCH3 is 1. The number of carbonyl (C=O) groups is 1. The largest absolute Gasteiger partial charge is 0.381 e. The highest BCUT2D eigenvalue weighted by Gasteiger charge is 2.48. The van der Waals surface area contributed by atoms with E-state index in [1.54, 1.807) is 7.11 Å². The first kappa shape index (κ1) is 17.5. The third-order valence-corrected chi connectivity index (χ3v) is 5.54. The lowest BCUT2D eigenvalue weighted by Gasteiger charge is -2.51. The summed E-state index contributed by atoms with van der Waals surface area (Å²) < 4.78 is 5.48. The molecule has 0 spiro atoms. The molecule has 1 fully saturated rings. The van der Waals surface area contributed by atoms with Crippen LogP contribution in [0, 0.1) is 25.2 Å². The molecule has 7 heteroatoms. The van der Waals surface area contributed by atoms with E-state index in [9.17, 15) is 4.79 Å². The summed E-state index contributed by atoms with van der Waals surface area (Å²) in [6.45, 7) is 8.91. The third-order valence-electron chi connectivity index (χ3n) is 5.54. The third kappa shape index (κ3) is 3.16. The van der Waals surface area contributed by atoms with Crippen LogP contribution in [0.3, 0.4) is 0 Å². The van der Waals surface area contributed by atoms with Gasteiger partial charge in [-0.3, -0.25) is 4.79 Å². The molecule has 1 aromatic heterocycles. The fourth-order valence-electron chi connectivity index (χ4n) is 3.75. The molecule has 3 rings (SSSR count). The van der Waals surface area contributed by atoms with Crippen molar-refractivity contribution in [2.45, 2.75) is 40.2 Å². The second-order valence-corrected chi connectivity index (χ2v) is 7.41. The van der Waals surface area contributed by atoms with E-state index in [0.717, 1.165) is 23.1 Å². The van der Waals surface area contributed by atoms with Crippen LogP contribution in [0.5, 0.6) is 0 Å². The number of nitrogens with one attached hydrogen (secondary N) is 2. The predicted octanol–water partition coefficient (Wildman–Crippen LogP) is 2.27. The van der Waals surface area contributed by atoms with Crippen molar-refractivity contribution in [3.8, 4) is 11.4 Å². The number of carbonyl (C=O) groups excluding carboxylic acids is 1. The van der Waals surface area contributed by atoms with Gasteiger partial charge in [0.15, 0.2) is 0 Å². The first-order chi connectivity index (χ1) is 11.8. The van der Waals surface area contributed by atoms with Crippen molar-refractivity contribution in [1.29, 1.82) is 0 Å². The number of hydrogen-bond acceptors (Lipinski definition) is 5. The molecule has 2 atom stereocenters. The van der Waals surface area contributed by atoms with Gasteiger partial charge in [-0.25, -0.2) is 0 Å². The van der Waals surface area contributed by atoms with E-state index in [2.05, 4.69) is 39.8 Å². The molecule has 1 aliphatic rings. The number of H-pyrrole nitrogens is 1. The minimum absolute atomic E-state index is 0.0358. The van der Waals surface area contributed by atoms with Crippen LogP contribution in [-0.2, 0) is 4.74 Å². The SMILES string of the molecule is COC1CC(CNC(=O)c2c(C)cc(-c3nn[nH]n3)cc2C)C1(C)C. The topological polar surface area (TPSA) is 92.8 Å². The zero-order valence-electron chi connectivity index (χ0n) is 15.4.